The smallest absolute Gasteiger partial charge is 0.0342 e. The number of hydrogen-bond donors (Lipinski definition) is 2. The number of rotatable bonds is 8. The highest BCUT2D eigenvalue weighted by Gasteiger charge is 2.05. The molecule has 0 aliphatic rings. The van der Waals surface area contributed by atoms with E-state index in [9.17, 15) is 0 Å². The molecule has 2 nitrogen and oxygen atoms in total. The summed E-state index contributed by atoms with van der Waals surface area (Å²) in [4.78, 5) is 0. The molecule has 102 valence electrons. The molecule has 1 rings (SSSR count). The lowest BCUT2D eigenvalue weighted by molar-refractivity contribution is 0.571. The van der Waals surface area contributed by atoms with Crippen LogP contribution in [0.5, 0.6) is 0 Å². The molecule has 0 aromatic heterocycles. The Hall–Kier alpha value is -1.02. The van der Waals surface area contributed by atoms with Gasteiger partial charge in [-0.1, -0.05) is 32.9 Å². The predicted octanol–water partition coefficient (Wildman–Crippen LogP) is 4.35. The summed E-state index contributed by atoms with van der Waals surface area (Å²) in [6.45, 7) is 9.95. The molecule has 0 aliphatic carbocycles. The van der Waals surface area contributed by atoms with Crippen molar-refractivity contribution in [3.05, 3.63) is 29.8 Å². The van der Waals surface area contributed by atoms with Crippen molar-refractivity contribution < 1.29 is 0 Å². The standard InChI is InChI=1S/C16H28N2/c1-5-12-17-13(4)14-8-10-16(11-9-14)18-15(6-2)7-3/h8-11,13,15,17-18H,5-7,12H2,1-4H3. The first kappa shape index (κ1) is 15.0. The summed E-state index contributed by atoms with van der Waals surface area (Å²) in [5, 5.41) is 7.08. The van der Waals surface area contributed by atoms with Crippen molar-refractivity contribution in [3.63, 3.8) is 0 Å². The van der Waals surface area contributed by atoms with Gasteiger partial charge in [0.1, 0.15) is 0 Å². The van der Waals surface area contributed by atoms with Gasteiger partial charge in [0.15, 0.2) is 0 Å². The van der Waals surface area contributed by atoms with Gasteiger partial charge in [-0.25, -0.2) is 0 Å². The van der Waals surface area contributed by atoms with Gasteiger partial charge in [0.05, 0.1) is 0 Å². The van der Waals surface area contributed by atoms with E-state index in [0.717, 1.165) is 6.54 Å². The van der Waals surface area contributed by atoms with Crippen LogP contribution in [0, 0.1) is 0 Å². The van der Waals surface area contributed by atoms with Gasteiger partial charge in [0.2, 0.25) is 0 Å². The molecule has 1 aromatic carbocycles. The highest BCUT2D eigenvalue weighted by Crippen LogP contribution is 2.17. The second kappa shape index (κ2) is 8.15. The molecule has 0 fully saturated rings. The third-order valence-corrected chi connectivity index (χ3v) is 3.47. The molecule has 0 amide bonds. The maximum absolute atomic E-state index is 3.57. The van der Waals surface area contributed by atoms with E-state index < -0.39 is 0 Å². The van der Waals surface area contributed by atoms with Gasteiger partial charge in [-0.3, -0.25) is 0 Å². The zero-order valence-electron chi connectivity index (χ0n) is 12.3. The van der Waals surface area contributed by atoms with Gasteiger partial charge in [-0.05, 0) is 50.4 Å². The molecular weight excluding hydrogens is 220 g/mol. The molecular formula is C16H28N2. The monoisotopic (exact) mass is 248 g/mol. The highest BCUT2D eigenvalue weighted by atomic mass is 14.9. The SMILES string of the molecule is CCCNC(C)c1ccc(NC(CC)CC)cc1. The first-order valence-electron chi connectivity index (χ1n) is 7.31. The predicted molar refractivity (Wildman–Crippen MR) is 81.1 cm³/mol. The van der Waals surface area contributed by atoms with Gasteiger partial charge in [0, 0.05) is 17.8 Å². The van der Waals surface area contributed by atoms with Crippen LogP contribution in [-0.2, 0) is 0 Å². The third kappa shape index (κ3) is 4.69. The van der Waals surface area contributed by atoms with Crippen molar-refractivity contribution in [2.75, 3.05) is 11.9 Å². The molecule has 0 saturated carbocycles. The Labute approximate surface area is 112 Å². The average molecular weight is 248 g/mol. The third-order valence-electron chi connectivity index (χ3n) is 3.47. The fraction of sp³-hybridized carbons (Fsp3) is 0.625. The van der Waals surface area contributed by atoms with Crippen LogP contribution in [-0.4, -0.2) is 12.6 Å². The minimum absolute atomic E-state index is 0.437. The van der Waals surface area contributed by atoms with Crippen molar-refractivity contribution in [1.82, 2.24) is 5.32 Å². The highest BCUT2D eigenvalue weighted by molar-refractivity contribution is 5.45. The first-order chi connectivity index (χ1) is 8.71. The fourth-order valence-corrected chi connectivity index (χ4v) is 2.08. The number of anilines is 1. The summed E-state index contributed by atoms with van der Waals surface area (Å²) in [6.07, 6.45) is 3.53. The van der Waals surface area contributed by atoms with Crippen molar-refractivity contribution in [3.8, 4) is 0 Å². The number of nitrogens with one attached hydrogen (secondary N) is 2. The molecule has 0 aliphatic heterocycles. The quantitative estimate of drug-likeness (QED) is 0.715. The van der Waals surface area contributed by atoms with Crippen LogP contribution in [0.2, 0.25) is 0 Å². The van der Waals surface area contributed by atoms with Crippen LogP contribution in [0.1, 0.15) is 58.6 Å². The van der Waals surface area contributed by atoms with Crippen LogP contribution in [0.25, 0.3) is 0 Å². The van der Waals surface area contributed by atoms with E-state index in [4.69, 9.17) is 0 Å². The Kier molecular flexibility index (Phi) is 6.81. The molecule has 0 spiro atoms. The molecule has 0 heterocycles. The lowest BCUT2D eigenvalue weighted by atomic mass is 10.1. The minimum atomic E-state index is 0.437. The summed E-state index contributed by atoms with van der Waals surface area (Å²) >= 11 is 0. The van der Waals surface area contributed by atoms with Crippen molar-refractivity contribution in [1.29, 1.82) is 0 Å². The fourth-order valence-electron chi connectivity index (χ4n) is 2.08. The minimum Gasteiger partial charge on any atom is -0.382 e. The zero-order chi connectivity index (χ0) is 13.4. The van der Waals surface area contributed by atoms with Gasteiger partial charge >= 0.3 is 0 Å². The van der Waals surface area contributed by atoms with E-state index in [1.165, 1.54) is 30.5 Å². The molecule has 0 radical (unpaired) electrons. The topological polar surface area (TPSA) is 24.1 Å². The van der Waals surface area contributed by atoms with E-state index in [1.54, 1.807) is 0 Å². The maximum Gasteiger partial charge on any atom is 0.0342 e. The summed E-state index contributed by atoms with van der Waals surface area (Å²) in [5.74, 6) is 0. The number of benzene rings is 1. The molecule has 1 aromatic rings. The van der Waals surface area contributed by atoms with E-state index in [-0.39, 0.29) is 0 Å². The molecule has 18 heavy (non-hydrogen) atoms. The zero-order valence-corrected chi connectivity index (χ0v) is 12.3. The van der Waals surface area contributed by atoms with Gasteiger partial charge in [-0.15, -0.1) is 0 Å². The Morgan fingerprint density at radius 3 is 2.11 bits per heavy atom. The van der Waals surface area contributed by atoms with Crippen LogP contribution in [0.3, 0.4) is 0 Å². The maximum atomic E-state index is 3.57. The van der Waals surface area contributed by atoms with Gasteiger partial charge in [0.25, 0.3) is 0 Å². The second-order valence-electron chi connectivity index (χ2n) is 4.96. The van der Waals surface area contributed by atoms with Gasteiger partial charge in [-0.2, -0.15) is 0 Å². The van der Waals surface area contributed by atoms with Crippen molar-refractivity contribution >= 4 is 5.69 Å². The van der Waals surface area contributed by atoms with Crippen molar-refractivity contribution in [2.24, 2.45) is 0 Å². The Bertz CT molecular complexity index is 314. The average Bonchev–Trinajstić information content (AvgIpc) is 2.42. The van der Waals surface area contributed by atoms with Crippen LogP contribution >= 0.6 is 0 Å². The van der Waals surface area contributed by atoms with E-state index >= 15 is 0 Å². The lowest BCUT2D eigenvalue weighted by Gasteiger charge is -2.18. The molecule has 0 bridgehead atoms. The summed E-state index contributed by atoms with van der Waals surface area (Å²) in [6, 6.07) is 9.85. The molecule has 1 unspecified atom stereocenters. The molecule has 1 atom stereocenters. The lowest BCUT2D eigenvalue weighted by Crippen LogP contribution is -2.19. The van der Waals surface area contributed by atoms with Crippen LogP contribution in [0.15, 0.2) is 24.3 Å². The summed E-state index contributed by atoms with van der Waals surface area (Å²) in [5.41, 5.74) is 2.59. The number of hydrogen-bond acceptors (Lipinski definition) is 2. The van der Waals surface area contributed by atoms with Crippen LogP contribution < -0.4 is 10.6 Å². The van der Waals surface area contributed by atoms with Crippen LogP contribution in [0.4, 0.5) is 5.69 Å². The van der Waals surface area contributed by atoms with E-state index in [1.807, 2.05) is 0 Å². The first-order valence-corrected chi connectivity index (χ1v) is 7.31. The normalized spacial score (nSPS) is 12.7. The van der Waals surface area contributed by atoms with Gasteiger partial charge < -0.3 is 10.6 Å². The largest absolute Gasteiger partial charge is 0.382 e. The summed E-state index contributed by atoms with van der Waals surface area (Å²) < 4.78 is 0. The molecule has 2 N–H and O–H groups in total. The Morgan fingerprint density at radius 1 is 1.00 bits per heavy atom. The van der Waals surface area contributed by atoms with E-state index in [0.29, 0.717) is 12.1 Å². The van der Waals surface area contributed by atoms with E-state index in [2.05, 4.69) is 62.6 Å². The van der Waals surface area contributed by atoms with Crippen molar-refractivity contribution in [2.45, 2.75) is 59.0 Å². The second-order valence-corrected chi connectivity index (χ2v) is 4.96. The summed E-state index contributed by atoms with van der Waals surface area (Å²) in [7, 11) is 0. The molecule has 2 heteroatoms. The molecule has 0 saturated heterocycles. The Morgan fingerprint density at radius 2 is 1.61 bits per heavy atom. The Balaban J connectivity index is 2.56.